The fourth-order valence-electron chi connectivity index (χ4n) is 1.98. The van der Waals surface area contributed by atoms with E-state index in [9.17, 15) is 4.79 Å². The molecule has 1 N–H and O–H groups in total. The summed E-state index contributed by atoms with van der Waals surface area (Å²) in [6.07, 6.45) is 1.46. The van der Waals surface area contributed by atoms with Crippen LogP contribution in [0.2, 0.25) is 0 Å². The zero-order valence-corrected chi connectivity index (χ0v) is 8.42. The number of aryl methyl sites for hydroxylation is 2. The molecule has 0 fully saturated rings. The van der Waals surface area contributed by atoms with Crippen LogP contribution in [0.15, 0.2) is 18.2 Å². The summed E-state index contributed by atoms with van der Waals surface area (Å²) in [5.41, 5.74) is 4.58. The highest BCUT2D eigenvalue weighted by Gasteiger charge is 2.08. The zero-order chi connectivity index (χ0) is 10.1. The van der Waals surface area contributed by atoms with Crippen LogP contribution in [-0.2, 0) is 11.2 Å². The molecule has 0 bridgehead atoms. The molecule has 0 saturated carbocycles. The van der Waals surface area contributed by atoms with Gasteiger partial charge in [0.25, 0.3) is 0 Å². The van der Waals surface area contributed by atoms with E-state index in [2.05, 4.69) is 18.0 Å². The van der Waals surface area contributed by atoms with Crippen molar-refractivity contribution in [3.63, 3.8) is 0 Å². The minimum atomic E-state index is 0.497. The summed E-state index contributed by atoms with van der Waals surface area (Å²) in [5, 5.41) is 1.21. The third-order valence-electron chi connectivity index (χ3n) is 2.64. The lowest BCUT2D eigenvalue weighted by atomic mass is 10.0. The third kappa shape index (κ3) is 1.23. The molecule has 1 aromatic carbocycles. The first-order valence-corrected chi connectivity index (χ1v) is 4.74. The zero-order valence-electron chi connectivity index (χ0n) is 8.42. The lowest BCUT2D eigenvalue weighted by Crippen LogP contribution is -1.88. The molecule has 0 radical (unpaired) electrons. The number of aromatic nitrogens is 1. The summed E-state index contributed by atoms with van der Waals surface area (Å²) in [4.78, 5) is 13.9. The first kappa shape index (κ1) is 9.00. The third-order valence-corrected chi connectivity index (χ3v) is 2.64. The van der Waals surface area contributed by atoms with Gasteiger partial charge in [-0.2, -0.15) is 0 Å². The van der Waals surface area contributed by atoms with Gasteiger partial charge in [-0.1, -0.05) is 12.1 Å². The number of carbonyl (C=O) groups excluding carboxylic acids is 1. The molecule has 0 aliphatic carbocycles. The van der Waals surface area contributed by atoms with Crippen LogP contribution < -0.4 is 0 Å². The molecule has 1 aromatic heterocycles. The first-order chi connectivity index (χ1) is 6.74. The minimum Gasteiger partial charge on any atom is -0.358 e. The molecular weight excluding hydrogens is 174 g/mol. The van der Waals surface area contributed by atoms with Crippen LogP contribution in [0.25, 0.3) is 10.9 Å². The van der Waals surface area contributed by atoms with Crippen molar-refractivity contribution in [3.05, 3.63) is 35.0 Å². The van der Waals surface area contributed by atoms with Crippen molar-refractivity contribution in [3.8, 4) is 0 Å². The van der Waals surface area contributed by atoms with Gasteiger partial charge in [-0.3, -0.25) is 0 Å². The normalized spacial score (nSPS) is 10.7. The van der Waals surface area contributed by atoms with Crippen LogP contribution in [0, 0.1) is 13.8 Å². The first-order valence-electron chi connectivity index (χ1n) is 4.74. The lowest BCUT2D eigenvalue weighted by Gasteiger charge is -1.98. The van der Waals surface area contributed by atoms with Crippen molar-refractivity contribution in [2.75, 3.05) is 0 Å². The van der Waals surface area contributed by atoms with Gasteiger partial charge in [0, 0.05) is 23.0 Å². The molecule has 72 valence electrons. The Kier molecular flexibility index (Phi) is 2.12. The maximum Gasteiger partial charge on any atom is 0.124 e. The molecule has 0 saturated heterocycles. The fraction of sp³-hybridized carbons (Fsp3) is 0.250. The number of carbonyl (C=O) groups is 1. The molecule has 14 heavy (non-hydrogen) atoms. The summed E-state index contributed by atoms with van der Waals surface area (Å²) in [6.45, 7) is 4.09. The van der Waals surface area contributed by atoms with Gasteiger partial charge >= 0.3 is 0 Å². The number of benzene rings is 1. The van der Waals surface area contributed by atoms with E-state index >= 15 is 0 Å². The second kappa shape index (κ2) is 3.29. The maximum absolute atomic E-state index is 10.6. The number of rotatable bonds is 2. The van der Waals surface area contributed by atoms with Crippen LogP contribution in [-0.4, -0.2) is 11.3 Å². The second-order valence-electron chi connectivity index (χ2n) is 3.60. The molecule has 0 unspecified atom stereocenters. The molecule has 0 aliphatic heterocycles. The molecule has 0 aliphatic rings. The van der Waals surface area contributed by atoms with Crippen LogP contribution >= 0.6 is 0 Å². The smallest absolute Gasteiger partial charge is 0.124 e. The number of H-pyrrole nitrogens is 1. The standard InChI is InChI=1S/C12H13NO/c1-8-4-3-5-11-12(8)10(6-7-14)9(2)13-11/h3-5,7,13H,6H2,1-2H3. The van der Waals surface area contributed by atoms with Gasteiger partial charge in [0.2, 0.25) is 0 Å². The Balaban J connectivity index is 2.79. The number of nitrogens with one attached hydrogen (secondary N) is 1. The monoisotopic (exact) mass is 187 g/mol. The Morgan fingerprint density at radius 2 is 2.14 bits per heavy atom. The van der Waals surface area contributed by atoms with Crippen molar-refractivity contribution in [2.24, 2.45) is 0 Å². The summed E-state index contributed by atoms with van der Waals surface area (Å²) in [7, 11) is 0. The van der Waals surface area contributed by atoms with Crippen molar-refractivity contribution in [1.29, 1.82) is 0 Å². The predicted octanol–water partition coefficient (Wildman–Crippen LogP) is 2.53. The van der Waals surface area contributed by atoms with E-state index in [1.807, 2.05) is 19.1 Å². The average molecular weight is 187 g/mol. The van der Waals surface area contributed by atoms with Gasteiger partial charge in [-0.05, 0) is 31.0 Å². The second-order valence-corrected chi connectivity index (χ2v) is 3.60. The molecule has 0 atom stereocenters. The number of aromatic amines is 1. The van der Waals surface area contributed by atoms with E-state index in [0.29, 0.717) is 6.42 Å². The largest absolute Gasteiger partial charge is 0.358 e. The van der Waals surface area contributed by atoms with E-state index in [0.717, 1.165) is 23.1 Å². The van der Waals surface area contributed by atoms with Crippen LogP contribution in [0.1, 0.15) is 16.8 Å². The van der Waals surface area contributed by atoms with E-state index < -0.39 is 0 Å². The lowest BCUT2D eigenvalue weighted by molar-refractivity contribution is -0.107. The van der Waals surface area contributed by atoms with E-state index in [4.69, 9.17) is 0 Å². The number of fused-ring (bicyclic) bond motifs is 1. The van der Waals surface area contributed by atoms with Gasteiger partial charge in [0.05, 0.1) is 0 Å². The summed E-state index contributed by atoms with van der Waals surface area (Å²) in [6, 6.07) is 6.14. The molecular formula is C12H13NO. The predicted molar refractivity (Wildman–Crippen MR) is 57.5 cm³/mol. The van der Waals surface area contributed by atoms with Crippen molar-refractivity contribution < 1.29 is 4.79 Å². The fourth-order valence-corrected chi connectivity index (χ4v) is 1.98. The highest BCUT2D eigenvalue weighted by Crippen LogP contribution is 2.25. The maximum atomic E-state index is 10.6. The van der Waals surface area contributed by atoms with Crippen LogP contribution in [0.3, 0.4) is 0 Å². The van der Waals surface area contributed by atoms with Crippen molar-refractivity contribution in [1.82, 2.24) is 4.98 Å². The molecule has 2 nitrogen and oxygen atoms in total. The SMILES string of the molecule is Cc1[nH]c2cccc(C)c2c1CC=O. The number of hydrogen-bond donors (Lipinski definition) is 1. The van der Waals surface area contributed by atoms with Gasteiger partial charge in [-0.25, -0.2) is 0 Å². The Bertz CT molecular complexity index is 482. The van der Waals surface area contributed by atoms with Crippen LogP contribution in [0.5, 0.6) is 0 Å². The quantitative estimate of drug-likeness (QED) is 0.720. The molecule has 1 heterocycles. The van der Waals surface area contributed by atoms with Gasteiger partial charge in [0.1, 0.15) is 6.29 Å². The summed E-state index contributed by atoms with van der Waals surface area (Å²) < 4.78 is 0. The van der Waals surface area contributed by atoms with Gasteiger partial charge in [0.15, 0.2) is 0 Å². The minimum absolute atomic E-state index is 0.497. The Morgan fingerprint density at radius 3 is 2.86 bits per heavy atom. The van der Waals surface area contributed by atoms with Crippen molar-refractivity contribution >= 4 is 17.2 Å². The number of aldehydes is 1. The molecule has 2 aromatic rings. The average Bonchev–Trinajstić information content (AvgIpc) is 2.45. The van der Waals surface area contributed by atoms with Gasteiger partial charge < -0.3 is 9.78 Å². The van der Waals surface area contributed by atoms with E-state index in [1.165, 1.54) is 10.9 Å². The van der Waals surface area contributed by atoms with Crippen LogP contribution in [0.4, 0.5) is 0 Å². The van der Waals surface area contributed by atoms with Gasteiger partial charge in [-0.15, -0.1) is 0 Å². The molecule has 0 spiro atoms. The van der Waals surface area contributed by atoms with E-state index in [1.54, 1.807) is 0 Å². The van der Waals surface area contributed by atoms with E-state index in [-0.39, 0.29) is 0 Å². The summed E-state index contributed by atoms with van der Waals surface area (Å²) in [5.74, 6) is 0. The topological polar surface area (TPSA) is 32.9 Å². The molecule has 2 heteroatoms. The summed E-state index contributed by atoms with van der Waals surface area (Å²) >= 11 is 0. The Morgan fingerprint density at radius 1 is 1.36 bits per heavy atom. The van der Waals surface area contributed by atoms with Crippen molar-refractivity contribution in [2.45, 2.75) is 20.3 Å². The number of hydrogen-bond acceptors (Lipinski definition) is 1. The Labute approximate surface area is 82.9 Å². The highest BCUT2D eigenvalue weighted by molar-refractivity contribution is 5.89. The Hall–Kier alpha value is -1.57. The highest BCUT2D eigenvalue weighted by atomic mass is 16.1. The molecule has 0 amide bonds. The molecule has 2 rings (SSSR count).